The Hall–Kier alpha value is -2.71. The zero-order chi connectivity index (χ0) is 30.9. The number of hydrogen-bond donors (Lipinski definition) is 3. The van der Waals surface area contributed by atoms with Crippen LogP contribution in [0.15, 0.2) is 36.7 Å². The van der Waals surface area contributed by atoms with Crippen molar-refractivity contribution < 1.29 is 38.3 Å². The van der Waals surface area contributed by atoms with E-state index in [1.165, 1.54) is 24.9 Å². The number of nitrogens with zero attached hydrogens (tertiary/aromatic N) is 4. The van der Waals surface area contributed by atoms with E-state index >= 15 is 0 Å². The third kappa shape index (κ3) is 7.25. The Bertz CT molecular complexity index is 1450. The van der Waals surface area contributed by atoms with Crippen molar-refractivity contribution >= 4 is 35.6 Å². The smallest absolute Gasteiger partial charge is 0.323 e. The number of imidazole rings is 1. The summed E-state index contributed by atoms with van der Waals surface area (Å²) in [4.78, 5) is 25.7. The molecule has 0 saturated carbocycles. The third-order valence-corrected chi connectivity index (χ3v) is 8.93. The second-order valence-electron chi connectivity index (χ2n) is 11.5. The van der Waals surface area contributed by atoms with Crippen molar-refractivity contribution in [2.75, 3.05) is 20.3 Å². The minimum Gasteiger partial charge on any atom is -0.479 e. The highest BCUT2D eigenvalue weighted by molar-refractivity contribution is 8.09. The van der Waals surface area contributed by atoms with Crippen LogP contribution in [0.5, 0.6) is 11.6 Å². The second-order valence-corrected chi connectivity index (χ2v) is 14.7. The molecule has 1 fully saturated rings. The van der Waals surface area contributed by atoms with Crippen LogP contribution in [0, 0.1) is 12.3 Å². The highest BCUT2D eigenvalue weighted by Gasteiger charge is 2.54. The van der Waals surface area contributed by atoms with Crippen molar-refractivity contribution in [1.82, 2.24) is 24.6 Å². The Morgan fingerprint density at radius 3 is 2.62 bits per heavy atom. The van der Waals surface area contributed by atoms with E-state index in [4.69, 9.17) is 35.1 Å². The molecule has 2 unspecified atom stereocenters. The Kier molecular flexibility index (Phi) is 9.58. The first-order valence-electron chi connectivity index (χ1n) is 13.4. The van der Waals surface area contributed by atoms with Gasteiger partial charge < -0.3 is 33.5 Å². The number of ether oxygens (including phenoxy) is 3. The van der Waals surface area contributed by atoms with Crippen LogP contribution in [0.1, 0.15) is 46.7 Å². The maximum absolute atomic E-state index is 12.7. The van der Waals surface area contributed by atoms with Crippen LogP contribution in [0.4, 0.5) is 0 Å². The topological polar surface area (TPSA) is 159 Å². The van der Waals surface area contributed by atoms with Gasteiger partial charge in [0.15, 0.2) is 17.4 Å². The van der Waals surface area contributed by atoms with Crippen molar-refractivity contribution in [1.29, 1.82) is 0 Å². The first-order valence-corrected chi connectivity index (χ1v) is 16.0. The summed E-state index contributed by atoms with van der Waals surface area (Å²) >= 11 is 5.78. The average molecular weight is 624 g/mol. The van der Waals surface area contributed by atoms with Gasteiger partial charge in [0, 0.05) is 0 Å². The summed E-state index contributed by atoms with van der Waals surface area (Å²) < 4.78 is 30.5. The number of aromatic nitrogens is 4. The number of hydrogen-bond acceptors (Lipinski definition) is 12. The number of fused-ring (bicyclic) bond motifs is 1. The molecule has 0 spiro atoms. The van der Waals surface area contributed by atoms with Gasteiger partial charge in [-0.1, -0.05) is 39.0 Å². The molecule has 0 bridgehead atoms. The van der Waals surface area contributed by atoms with Crippen molar-refractivity contribution in [3.05, 3.63) is 42.5 Å². The largest absolute Gasteiger partial charge is 0.479 e. The standard InChI is InChI=1S/C27H38N5O8PS/c1-16(24(34)37-14-26(3,4)5)31-41(42,40-18-11-9-8-10-12-18)38-13-19-21(33)27(6,35)25(39-19)32-15-28-20-22(32)29-17(2)30-23(20)36-7/h8-12,15-16,19,21,25,33,35H,13-14H2,1-7H3,(H,31,42)/t16?,19-,21-,25-,27-,41?/m1/s1. The molecule has 6 atom stereocenters. The molecule has 0 amide bonds. The van der Waals surface area contributed by atoms with Crippen molar-refractivity contribution in [2.45, 2.75) is 71.6 Å². The Morgan fingerprint density at radius 2 is 1.98 bits per heavy atom. The van der Waals surface area contributed by atoms with Gasteiger partial charge in [0.1, 0.15) is 35.4 Å². The number of para-hydroxylation sites is 1. The predicted octanol–water partition coefficient (Wildman–Crippen LogP) is 3.04. The van der Waals surface area contributed by atoms with Crippen molar-refractivity contribution in [2.24, 2.45) is 5.41 Å². The van der Waals surface area contributed by atoms with Crippen molar-refractivity contribution in [3.8, 4) is 11.6 Å². The van der Waals surface area contributed by atoms with E-state index in [0.717, 1.165) is 0 Å². The Labute approximate surface area is 249 Å². The first-order chi connectivity index (χ1) is 19.6. The molecule has 1 aliphatic heterocycles. The summed E-state index contributed by atoms with van der Waals surface area (Å²) in [7, 11) is 1.47. The van der Waals surface area contributed by atoms with Gasteiger partial charge in [0.2, 0.25) is 5.88 Å². The summed E-state index contributed by atoms with van der Waals surface area (Å²) in [6.07, 6.45) is -2.07. The highest BCUT2D eigenvalue weighted by atomic mass is 32.5. The highest BCUT2D eigenvalue weighted by Crippen LogP contribution is 2.47. The van der Waals surface area contributed by atoms with E-state index in [-0.39, 0.29) is 24.5 Å². The lowest BCUT2D eigenvalue weighted by molar-refractivity contribution is -0.148. The number of carbonyl (C=O) groups is 1. The zero-order valence-corrected chi connectivity index (χ0v) is 26.4. The van der Waals surface area contributed by atoms with Gasteiger partial charge in [-0.05, 0) is 50.1 Å². The lowest BCUT2D eigenvalue weighted by Crippen LogP contribution is -2.44. The molecule has 3 N–H and O–H groups in total. The number of aryl methyl sites for hydroxylation is 1. The van der Waals surface area contributed by atoms with Gasteiger partial charge >= 0.3 is 12.6 Å². The number of aliphatic hydroxyl groups excluding tert-OH is 1. The van der Waals surface area contributed by atoms with E-state index in [0.29, 0.717) is 22.7 Å². The molecule has 1 aromatic carbocycles. The van der Waals surface area contributed by atoms with Gasteiger partial charge in [-0.3, -0.25) is 9.36 Å². The summed E-state index contributed by atoms with van der Waals surface area (Å²) in [5, 5.41) is 25.4. The molecule has 0 radical (unpaired) electrons. The van der Waals surface area contributed by atoms with Crippen LogP contribution in [0.25, 0.3) is 11.2 Å². The van der Waals surface area contributed by atoms with E-state index in [1.807, 2.05) is 26.8 Å². The molecule has 42 heavy (non-hydrogen) atoms. The fourth-order valence-electron chi connectivity index (χ4n) is 4.27. The lowest BCUT2D eigenvalue weighted by Gasteiger charge is -2.29. The van der Waals surface area contributed by atoms with Crippen LogP contribution in [-0.2, 0) is 30.6 Å². The molecule has 3 heterocycles. The fourth-order valence-corrected chi connectivity index (χ4v) is 6.69. The molecule has 0 aliphatic carbocycles. The van der Waals surface area contributed by atoms with Crippen LogP contribution in [0.2, 0.25) is 0 Å². The molecule has 2 aromatic heterocycles. The maximum atomic E-state index is 12.7. The SMILES string of the molecule is COc1nc(C)nc2c1ncn2[C@@H]1O[C@H](COP(=S)(NC(C)C(=O)OCC(C)(C)C)Oc2ccccc2)[C@@H](O)[C@@]1(C)O. The number of rotatable bonds is 11. The van der Waals surface area contributed by atoms with Crippen LogP contribution in [0.3, 0.4) is 0 Å². The predicted molar refractivity (Wildman–Crippen MR) is 157 cm³/mol. The second kappa shape index (κ2) is 12.5. The number of methoxy groups -OCH3 is 1. The van der Waals surface area contributed by atoms with E-state index in [9.17, 15) is 15.0 Å². The van der Waals surface area contributed by atoms with E-state index in [1.54, 1.807) is 38.1 Å². The molecule has 15 heteroatoms. The van der Waals surface area contributed by atoms with Gasteiger partial charge in [0.25, 0.3) is 0 Å². The maximum Gasteiger partial charge on any atom is 0.323 e. The van der Waals surface area contributed by atoms with Crippen LogP contribution in [-0.4, -0.2) is 79.9 Å². The molecular formula is C27H38N5O8PS. The summed E-state index contributed by atoms with van der Waals surface area (Å²) in [6, 6.07) is 7.93. The molecule has 13 nitrogen and oxygen atoms in total. The Balaban J connectivity index is 1.54. The van der Waals surface area contributed by atoms with Gasteiger partial charge in [0.05, 0.1) is 26.7 Å². The zero-order valence-electron chi connectivity index (χ0n) is 24.7. The van der Waals surface area contributed by atoms with Gasteiger partial charge in [-0.15, -0.1) is 0 Å². The number of carbonyl (C=O) groups excluding carboxylic acids is 1. The summed E-state index contributed by atoms with van der Waals surface area (Å²) in [6.45, 7) is 7.15. The van der Waals surface area contributed by atoms with E-state index < -0.39 is 42.7 Å². The average Bonchev–Trinajstić information content (AvgIpc) is 3.43. The molecule has 3 aromatic rings. The van der Waals surface area contributed by atoms with Crippen LogP contribution >= 0.6 is 6.64 Å². The number of nitrogens with one attached hydrogen (secondary N) is 1. The Morgan fingerprint density at radius 1 is 1.29 bits per heavy atom. The van der Waals surface area contributed by atoms with Crippen molar-refractivity contribution in [3.63, 3.8) is 0 Å². The number of aliphatic hydroxyl groups is 2. The number of esters is 1. The quantitative estimate of drug-likeness (QED) is 0.212. The monoisotopic (exact) mass is 623 g/mol. The summed E-state index contributed by atoms with van der Waals surface area (Å²) in [5.41, 5.74) is -1.25. The van der Waals surface area contributed by atoms with Gasteiger partial charge in [-0.2, -0.15) is 4.98 Å². The normalized spacial score (nSPS) is 24.7. The molecule has 230 valence electrons. The molecule has 4 rings (SSSR count). The first kappa shape index (κ1) is 32.2. The van der Waals surface area contributed by atoms with Gasteiger partial charge in [-0.25, -0.2) is 15.1 Å². The third-order valence-electron chi connectivity index (χ3n) is 6.43. The summed E-state index contributed by atoms with van der Waals surface area (Å²) in [5.74, 6) is 0.614. The number of benzene rings is 1. The van der Waals surface area contributed by atoms with E-state index in [2.05, 4.69) is 20.0 Å². The molecule has 1 saturated heterocycles. The molecule has 1 aliphatic rings. The minimum absolute atomic E-state index is 0.216. The lowest BCUT2D eigenvalue weighted by atomic mass is 9.96. The van der Waals surface area contributed by atoms with Crippen LogP contribution < -0.4 is 14.3 Å². The minimum atomic E-state index is -3.42. The fraction of sp³-hybridized carbons (Fsp3) is 0.556. The molecular weight excluding hydrogens is 585 g/mol.